The molecule has 1 aromatic heterocycles. The van der Waals surface area contributed by atoms with Crippen molar-refractivity contribution >= 4 is 11.5 Å². The number of halogens is 3. The summed E-state index contributed by atoms with van der Waals surface area (Å²) in [7, 11) is 2.02. The Morgan fingerprint density at radius 3 is 2.56 bits per heavy atom. The van der Waals surface area contributed by atoms with Crippen LogP contribution in [-0.4, -0.2) is 36.4 Å². The first-order chi connectivity index (χ1) is 11.9. The lowest BCUT2D eigenvalue weighted by Gasteiger charge is -2.30. The Hall–Kier alpha value is -2.31. The first-order valence-electron chi connectivity index (χ1n) is 8.30. The predicted molar refractivity (Wildman–Crippen MR) is 91.9 cm³/mol. The van der Waals surface area contributed by atoms with E-state index in [-0.39, 0.29) is 11.6 Å². The Kier molecular flexibility index (Phi) is 4.83. The zero-order valence-corrected chi connectivity index (χ0v) is 14.3. The molecule has 0 saturated carbocycles. The van der Waals surface area contributed by atoms with E-state index in [1.54, 1.807) is 0 Å². The van der Waals surface area contributed by atoms with Gasteiger partial charge in [-0.15, -0.1) is 10.2 Å². The molecule has 1 fully saturated rings. The number of hydrogen-bond acceptors (Lipinski definition) is 4. The van der Waals surface area contributed by atoms with Crippen LogP contribution < -0.4 is 9.80 Å². The van der Waals surface area contributed by atoms with Gasteiger partial charge in [-0.25, -0.2) is 0 Å². The lowest BCUT2D eigenvalue weighted by molar-refractivity contribution is -0.142. The molecule has 0 N–H and O–H groups in total. The zero-order chi connectivity index (χ0) is 18.0. The molecule has 1 unspecified atom stereocenters. The first kappa shape index (κ1) is 17.5. The molecule has 2 aromatic rings. The largest absolute Gasteiger partial charge is 0.435 e. The Morgan fingerprint density at radius 1 is 1.20 bits per heavy atom. The summed E-state index contributed by atoms with van der Waals surface area (Å²) in [5.41, 5.74) is 0.317. The quantitative estimate of drug-likeness (QED) is 0.837. The topological polar surface area (TPSA) is 32.3 Å². The predicted octanol–water partition coefficient (Wildman–Crippen LogP) is 3.91. The summed E-state index contributed by atoms with van der Waals surface area (Å²) >= 11 is 0. The monoisotopic (exact) mass is 350 g/mol. The second kappa shape index (κ2) is 6.90. The molecule has 1 aromatic carbocycles. The van der Waals surface area contributed by atoms with Gasteiger partial charge in [-0.3, -0.25) is 0 Å². The molecule has 1 aliphatic heterocycles. The van der Waals surface area contributed by atoms with Crippen molar-refractivity contribution in [3.63, 3.8) is 0 Å². The van der Waals surface area contributed by atoms with E-state index in [0.717, 1.165) is 31.6 Å². The van der Waals surface area contributed by atoms with E-state index >= 15 is 0 Å². The highest BCUT2D eigenvalue weighted by Crippen LogP contribution is 2.32. The molecule has 0 bridgehead atoms. The van der Waals surface area contributed by atoms with Gasteiger partial charge in [-0.05, 0) is 43.5 Å². The minimum absolute atomic E-state index is 0.111. The van der Waals surface area contributed by atoms with Crippen LogP contribution >= 0.6 is 0 Å². The van der Waals surface area contributed by atoms with Gasteiger partial charge in [0.2, 0.25) is 0 Å². The molecular formula is C18H21F3N4. The highest BCUT2D eigenvalue weighted by Gasteiger charge is 2.36. The third-order valence-corrected chi connectivity index (χ3v) is 4.59. The number of alkyl halides is 3. The van der Waals surface area contributed by atoms with Crippen molar-refractivity contribution in [2.75, 3.05) is 29.9 Å². The Labute approximate surface area is 145 Å². The molecule has 0 amide bonds. The van der Waals surface area contributed by atoms with Crippen LogP contribution in [0.15, 0.2) is 36.4 Å². The molecule has 2 heterocycles. The van der Waals surface area contributed by atoms with E-state index in [1.807, 2.05) is 37.4 Å². The molecule has 25 heavy (non-hydrogen) atoms. The highest BCUT2D eigenvalue weighted by molar-refractivity contribution is 5.48. The van der Waals surface area contributed by atoms with Gasteiger partial charge in [-0.1, -0.05) is 18.2 Å². The summed E-state index contributed by atoms with van der Waals surface area (Å²) in [6.07, 6.45) is -2.48. The molecule has 4 nitrogen and oxygen atoms in total. The van der Waals surface area contributed by atoms with E-state index in [1.165, 1.54) is 13.0 Å². The maximum Gasteiger partial charge on any atom is 0.435 e. The Morgan fingerprint density at radius 2 is 1.92 bits per heavy atom. The summed E-state index contributed by atoms with van der Waals surface area (Å²) in [6, 6.07) is 11.7. The maximum atomic E-state index is 12.9. The number of para-hydroxylation sites is 1. The standard InChI is InChI=1S/C18H21F3N4/c1-13-11-16(22-23-17(13)18(19,20)21)25-10-6-9-15(25)12-24(2)14-7-4-3-5-8-14/h3-5,7-8,11,15H,6,9-10,12H2,1-2H3. The van der Waals surface area contributed by atoms with Crippen LogP contribution in [0.3, 0.4) is 0 Å². The number of aromatic nitrogens is 2. The molecular weight excluding hydrogens is 329 g/mol. The van der Waals surface area contributed by atoms with E-state index in [2.05, 4.69) is 20.0 Å². The van der Waals surface area contributed by atoms with Crippen LogP contribution in [0.1, 0.15) is 24.1 Å². The second-order valence-corrected chi connectivity index (χ2v) is 6.44. The minimum atomic E-state index is -4.46. The van der Waals surface area contributed by atoms with Crippen LogP contribution in [0.2, 0.25) is 0 Å². The fraction of sp³-hybridized carbons (Fsp3) is 0.444. The van der Waals surface area contributed by atoms with Crippen molar-refractivity contribution < 1.29 is 13.2 Å². The number of likely N-dealkylation sites (N-methyl/N-ethyl adjacent to an activating group) is 1. The van der Waals surface area contributed by atoms with Gasteiger partial charge in [0.25, 0.3) is 0 Å². The van der Waals surface area contributed by atoms with Crippen LogP contribution in [0, 0.1) is 6.92 Å². The van der Waals surface area contributed by atoms with Crippen molar-refractivity contribution in [2.45, 2.75) is 32.0 Å². The molecule has 0 aliphatic carbocycles. The normalized spacial score (nSPS) is 17.8. The number of benzene rings is 1. The molecule has 1 saturated heterocycles. The molecule has 1 atom stereocenters. The van der Waals surface area contributed by atoms with E-state index in [0.29, 0.717) is 5.82 Å². The van der Waals surface area contributed by atoms with Crippen LogP contribution in [0.4, 0.5) is 24.7 Å². The summed E-state index contributed by atoms with van der Waals surface area (Å²) in [5.74, 6) is 0.523. The summed E-state index contributed by atoms with van der Waals surface area (Å²) in [4.78, 5) is 4.23. The average Bonchev–Trinajstić information content (AvgIpc) is 3.02. The molecule has 3 rings (SSSR count). The van der Waals surface area contributed by atoms with Gasteiger partial charge in [0.1, 0.15) is 0 Å². The van der Waals surface area contributed by atoms with E-state index in [4.69, 9.17) is 0 Å². The van der Waals surface area contributed by atoms with Gasteiger partial charge < -0.3 is 9.80 Å². The third kappa shape index (κ3) is 3.86. The van der Waals surface area contributed by atoms with E-state index < -0.39 is 11.9 Å². The fourth-order valence-electron chi connectivity index (χ4n) is 3.32. The number of nitrogens with zero attached hydrogens (tertiary/aromatic N) is 4. The van der Waals surface area contributed by atoms with Gasteiger partial charge in [0, 0.05) is 31.9 Å². The molecule has 7 heteroatoms. The van der Waals surface area contributed by atoms with Crippen molar-refractivity contribution in [1.29, 1.82) is 0 Å². The van der Waals surface area contributed by atoms with Gasteiger partial charge in [0.05, 0.1) is 0 Å². The minimum Gasteiger partial charge on any atom is -0.373 e. The lowest BCUT2D eigenvalue weighted by atomic mass is 10.2. The number of rotatable bonds is 4. The summed E-state index contributed by atoms with van der Waals surface area (Å²) < 4.78 is 38.6. The third-order valence-electron chi connectivity index (χ3n) is 4.59. The molecule has 1 aliphatic rings. The molecule has 0 radical (unpaired) electrons. The van der Waals surface area contributed by atoms with Gasteiger partial charge >= 0.3 is 6.18 Å². The van der Waals surface area contributed by atoms with Gasteiger partial charge in [-0.2, -0.15) is 13.2 Å². The maximum absolute atomic E-state index is 12.9. The highest BCUT2D eigenvalue weighted by atomic mass is 19.4. The Bertz CT molecular complexity index is 718. The smallest absolute Gasteiger partial charge is 0.373 e. The number of aryl methyl sites for hydroxylation is 1. The summed E-state index contributed by atoms with van der Waals surface area (Å²) in [5, 5.41) is 7.29. The summed E-state index contributed by atoms with van der Waals surface area (Å²) in [6.45, 7) is 3.00. The van der Waals surface area contributed by atoms with Crippen LogP contribution in [-0.2, 0) is 6.18 Å². The molecule has 0 spiro atoms. The van der Waals surface area contributed by atoms with Crippen LogP contribution in [0.5, 0.6) is 0 Å². The van der Waals surface area contributed by atoms with Crippen molar-refractivity contribution in [2.24, 2.45) is 0 Å². The first-order valence-corrected chi connectivity index (χ1v) is 8.30. The number of anilines is 2. The zero-order valence-electron chi connectivity index (χ0n) is 14.3. The average molecular weight is 350 g/mol. The molecule has 134 valence electrons. The van der Waals surface area contributed by atoms with Crippen molar-refractivity contribution in [3.05, 3.63) is 47.7 Å². The Balaban J connectivity index is 1.77. The lowest BCUT2D eigenvalue weighted by Crippen LogP contribution is -2.39. The van der Waals surface area contributed by atoms with Gasteiger partial charge in [0.15, 0.2) is 11.5 Å². The SMILES string of the molecule is Cc1cc(N2CCCC2CN(C)c2ccccc2)nnc1C(F)(F)F. The second-order valence-electron chi connectivity index (χ2n) is 6.44. The van der Waals surface area contributed by atoms with Crippen molar-refractivity contribution in [3.8, 4) is 0 Å². The fourth-order valence-corrected chi connectivity index (χ4v) is 3.32. The van der Waals surface area contributed by atoms with Crippen molar-refractivity contribution in [1.82, 2.24) is 10.2 Å². The van der Waals surface area contributed by atoms with Crippen LogP contribution in [0.25, 0.3) is 0 Å². The number of hydrogen-bond donors (Lipinski definition) is 0. The van der Waals surface area contributed by atoms with E-state index in [9.17, 15) is 13.2 Å².